The Labute approximate surface area is 208 Å². The Morgan fingerprint density at radius 3 is 2.09 bits per heavy atom. The monoisotopic (exact) mass is 504 g/mol. The second-order valence-corrected chi connectivity index (χ2v) is 9.85. The van der Waals surface area contributed by atoms with E-state index in [4.69, 9.17) is 11.6 Å². The minimum atomic E-state index is -3.83. The number of carbonyl (C=O) groups is 2. The van der Waals surface area contributed by atoms with Crippen LogP contribution in [0.2, 0.25) is 5.02 Å². The molecule has 0 aliphatic heterocycles. The molecule has 0 saturated carbocycles. The van der Waals surface area contributed by atoms with E-state index in [-0.39, 0.29) is 27.5 Å². The molecule has 0 radical (unpaired) electrons. The van der Waals surface area contributed by atoms with Crippen molar-refractivity contribution in [1.29, 1.82) is 0 Å². The third kappa shape index (κ3) is 5.42. The van der Waals surface area contributed by atoms with Gasteiger partial charge in [-0.05, 0) is 55.0 Å². The molecule has 4 aromatic carbocycles. The van der Waals surface area contributed by atoms with Gasteiger partial charge in [0.2, 0.25) is 0 Å². The summed E-state index contributed by atoms with van der Waals surface area (Å²) in [6.45, 7) is 1.65. The van der Waals surface area contributed by atoms with Crippen LogP contribution in [0.1, 0.15) is 31.8 Å². The Bertz CT molecular complexity index is 1510. The third-order valence-corrected chi connectivity index (χ3v) is 7.00. The van der Waals surface area contributed by atoms with Crippen molar-refractivity contribution in [2.75, 3.05) is 10.0 Å². The molecule has 0 atom stereocenters. The summed E-state index contributed by atoms with van der Waals surface area (Å²) in [4.78, 5) is 26.4. The normalized spacial score (nSPS) is 11.0. The van der Waals surface area contributed by atoms with Crippen LogP contribution in [0.3, 0.4) is 0 Å². The lowest BCUT2D eigenvalue weighted by atomic mass is 10.0. The van der Waals surface area contributed by atoms with Crippen molar-refractivity contribution in [3.05, 3.63) is 124 Å². The van der Waals surface area contributed by atoms with E-state index in [1.165, 1.54) is 18.2 Å². The second-order valence-electron chi connectivity index (χ2n) is 7.74. The zero-order valence-corrected chi connectivity index (χ0v) is 20.2. The molecule has 0 saturated heterocycles. The first-order valence-corrected chi connectivity index (χ1v) is 12.5. The van der Waals surface area contributed by atoms with E-state index in [1.54, 1.807) is 85.8 Å². The van der Waals surface area contributed by atoms with Gasteiger partial charge in [0.05, 0.1) is 16.3 Å². The Kier molecular flexibility index (Phi) is 7.00. The van der Waals surface area contributed by atoms with Crippen LogP contribution < -0.4 is 10.0 Å². The molecule has 0 heterocycles. The van der Waals surface area contributed by atoms with Crippen molar-refractivity contribution in [1.82, 2.24) is 0 Å². The quantitative estimate of drug-likeness (QED) is 0.305. The molecule has 0 fully saturated rings. The number of amides is 1. The molecule has 0 aromatic heterocycles. The van der Waals surface area contributed by atoms with E-state index >= 15 is 0 Å². The van der Waals surface area contributed by atoms with Gasteiger partial charge in [0.15, 0.2) is 5.78 Å². The maximum absolute atomic E-state index is 13.2. The summed E-state index contributed by atoms with van der Waals surface area (Å²) in [5.41, 5.74) is 1.97. The van der Waals surface area contributed by atoms with Gasteiger partial charge >= 0.3 is 0 Å². The van der Waals surface area contributed by atoms with Gasteiger partial charge in [0, 0.05) is 21.7 Å². The largest absolute Gasteiger partial charge is 0.321 e. The van der Waals surface area contributed by atoms with E-state index in [9.17, 15) is 18.0 Å². The third-order valence-electron chi connectivity index (χ3n) is 5.39. The highest BCUT2D eigenvalue weighted by atomic mass is 35.5. The number of hydrogen-bond donors (Lipinski definition) is 2. The maximum Gasteiger partial charge on any atom is 0.261 e. The van der Waals surface area contributed by atoms with Gasteiger partial charge in [-0.15, -0.1) is 0 Å². The van der Waals surface area contributed by atoms with Gasteiger partial charge in [-0.3, -0.25) is 14.3 Å². The molecule has 8 heteroatoms. The van der Waals surface area contributed by atoms with Gasteiger partial charge in [-0.1, -0.05) is 66.2 Å². The van der Waals surface area contributed by atoms with Crippen LogP contribution in [0, 0.1) is 6.92 Å². The molecule has 0 spiro atoms. The van der Waals surface area contributed by atoms with Gasteiger partial charge in [0.25, 0.3) is 15.9 Å². The van der Waals surface area contributed by atoms with Crippen LogP contribution in [-0.2, 0) is 10.0 Å². The summed E-state index contributed by atoms with van der Waals surface area (Å²) in [5.74, 6) is -0.780. The number of sulfonamides is 1. The number of anilines is 2. The molecule has 176 valence electrons. The van der Waals surface area contributed by atoms with Gasteiger partial charge in [0.1, 0.15) is 0 Å². The van der Waals surface area contributed by atoms with Crippen LogP contribution in [0.25, 0.3) is 0 Å². The summed E-state index contributed by atoms with van der Waals surface area (Å²) < 4.78 is 28.0. The summed E-state index contributed by atoms with van der Waals surface area (Å²) in [6, 6.07) is 26.0. The lowest BCUT2D eigenvalue weighted by Crippen LogP contribution is -2.18. The first kappa shape index (κ1) is 24.2. The fourth-order valence-electron chi connectivity index (χ4n) is 3.54. The van der Waals surface area contributed by atoms with Crippen LogP contribution in [0.15, 0.2) is 102 Å². The second kappa shape index (κ2) is 10.1. The molecule has 0 bridgehead atoms. The van der Waals surface area contributed by atoms with Crippen LogP contribution in [0.5, 0.6) is 0 Å². The molecule has 1 amide bonds. The number of carbonyl (C=O) groups excluding carboxylic acids is 2. The Morgan fingerprint density at radius 2 is 1.40 bits per heavy atom. The van der Waals surface area contributed by atoms with Gasteiger partial charge in [-0.25, -0.2) is 8.42 Å². The van der Waals surface area contributed by atoms with Gasteiger partial charge in [-0.2, -0.15) is 0 Å². The van der Waals surface area contributed by atoms with E-state index in [0.717, 1.165) is 0 Å². The van der Waals surface area contributed by atoms with Crippen molar-refractivity contribution < 1.29 is 18.0 Å². The minimum Gasteiger partial charge on any atom is -0.321 e. The molecule has 6 nitrogen and oxygen atoms in total. The number of hydrogen-bond acceptors (Lipinski definition) is 4. The smallest absolute Gasteiger partial charge is 0.261 e. The average Bonchev–Trinajstić information content (AvgIpc) is 2.87. The summed E-state index contributed by atoms with van der Waals surface area (Å²) in [5, 5.41) is 3.13. The van der Waals surface area contributed by atoms with E-state index in [2.05, 4.69) is 10.0 Å². The van der Waals surface area contributed by atoms with Crippen LogP contribution in [0.4, 0.5) is 11.4 Å². The SMILES string of the molecule is Cc1c(NS(=O)(=O)c2ccccc2)cccc1C(=O)Nc1ccc(Cl)cc1C(=O)c1ccccc1. The number of ketones is 1. The lowest BCUT2D eigenvalue weighted by Gasteiger charge is -2.15. The molecular formula is C27H21ClN2O4S. The van der Waals surface area contributed by atoms with Crippen molar-refractivity contribution in [3.63, 3.8) is 0 Å². The molecule has 0 aliphatic carbocycles. The Morgan fingerprint density at radius 1 is 0.743 bits per heavy atom. The van der Waals surface area contributed by atoms with Gasteiger partial charge < -0.3 is 5.32 Å². The standard InChI is InChI=1S/C27H21ClN2O4S/c1-18-22(13-8-14-24(18)30-35(33,34)21-11-6-3-7-12-21)27(32)29-25-16-15-20(28)17-23(25)26(31)19-9-4-2-5-10-19/h2-17,30H,1H3,(H,29,32). The number of nitrogens with one attached hydrogen (secondary N) is 2. The van der Waals surface area contributed by atoms with Crippen molar-refractivity contribution >= 4 is 44.7 Å². The van der Waals surface area contributed by atoms with E-state index < -0.39 is 15.9 Å². The van der Waals surface area contributed by atoms with Crippen LogP contribution >= 0.6 is 11.6 Å². The molecule has 0 unspecified atom stereocenters. The summed E-state index contributed by atoms with van der Waals surface area (Å²) in [7, 11) is -3.83. The Hall–Kier alpha value is -3.94. The fraction of sp³-hybridized carbons (Fsp3) is 0.0370. The van der Waals surface area contributed by atoms with Crippen LogP contribution in [-0.4, -0.2) is 20.1 Å². The Balaban J connectivity index is 1.63. The highest BCUT2D eigenvalue weighted by Crippen LogP contribution is 2.27. The van der Waals surface area contributed by atoms with Crippen molar-refractivity contribution in [2.45, 2.75) is 11.8 Å². The zero-order valence-electron chi connectivity index (χ0n) is 18.7. The molecule has 4 rings (SSSR count). The average molecular weight is 505 g/mol. The highest BCUT2D eigenvalue weighted by molar-refractivity contribution is 7.92. The van der Waals surface area contributed by atoms with E-state index in [0.29, 0.717) is 21.8 Å². The predicted octanol–water partition coefficient (Wildman–Crippen LogP) is 5.93. The fourth-order valence-corrected chi connectivity index (χ4v) is 4.86. The molecule has 4 aromatic rings. The van der Waals surface area contributed by atoms with Crippen molar-refractivity contribution in [3.8, 4) is 0 Å². The van der Waals surface area contributed by atoms with Crippen molar-refractivity contribution in [2.24, 2.45) is 0 Å². The minimum absolute atomic E-state index is 0.111. The molecule has 35 heavy (non-hydrogen) atoms. The highest BCUT2D eigenvalue weighted by Gasteiger charge is 2.20. The van der Waals surface area contributed by atoms with E-state index in [1.807, 2.05) is 0 Å². The molecular weight excluding hydrogens is 484 g/mol. The molecule has 0 aliphatic rings. The summed E-state index contributed by atoms with van der Waals surface area (Å²) >= 11 is 6.13. The maximum atomic E-state index is 13.2. The lowest BCUT2D eigenvalue weighted by molar-refractivity contribution is 0.102. The first-order chi connectivity index (χ1) is 16.8. The zero-order chi connectivity index (χ0) is 25.0. The number of halogens is 1. The molecule has 2 N–H and O–H groups in total. The first-order valence-electron chi connectivity index (χ1n) is 10.6. The number of rotatable bonds is 7. The number of benzene rings is 4. The topological polar surface area (TPSA) is 92.3 Å². The predicted molar refractivity (Wildman–Crippen MR) is 138 cm³/mol. The summed E-state index contributed by atoms with van der Waals surface area (Å²) in [6.07, 6.45) is 0.